The summed E-state index contributed by atoms with van der Waals surface area (Å²) in [5, 5.41) is 0. The molecule has 1 aromatic carbocycles. The fourth-order valence-electron chi connectivity index (χ4n) is 1.64. The van der Waals surface area contributed by atoms with Gasteiger partial charge in [-0.3, -0.25) is 4.79 Å². The van der Waals surface area contributed by atoms with E-state index in [0.717, 1.165) is 0 Å². The number of carbonyl (C=O) groups excluding carboxylic acids is 1. The van der Waals surface area contributed by atoms with Crippen LogP contribution in [0.15, 0.2) is 18.2 Å². The zero-order chi connectivity index (χ0) is 13.9. The van der Waals surface area contributed by atoms with Gasteiger partial charge in [-0.1, -0.05) is 26.0 Å². The lowest BCUT2D eigenvalue weighted by molar-refractivity contribution is -0.0958. The third kappa shape index (κ3) is 2.71. The maximum Gasteiger partial charge on any atom is 0.368 e. The van der Waals surface area contributed by atoms with Gasteiger partial charge in [-0.05, 0) is 30.0 Å². The number of benzene rings is 1. The van der Waals surface area contributed by atoms with E-state index in [2.05, 4.69) is 0 Å². The van der Waals surface area contributed by atoms with Gasteiger partial charge in [0.1, 0.15) is 0 Å². The Balaban J connectivity index is 3.26. The van der Waals surface area contributed by atoms with Crippen molar-refractivity contribution in [3.63, 3.8) is 0 Å². The number of halogens is 4. The van der Waals surface area contributed by atoms with Crippen LogP contribution in [0.4, 0.5) is 17.6 Å². The molecule has 0 spiro atoms. The topological polar surface area (TPSA) is 17.1 Å². The van der Waals surface area contributed by atoms with Crippen molar-refractivity contribution in [2.75, 3.05) is 0 Å². The maximum atomic E-state index is 13.1. The third-order valence-electron chi connectivity index (χ3n) is 2.78. The lowest BCUT2D eigenvalue weighted by atomic mass is 9.95. The summed E-state index contributed by atoms with van der Waals surface area (Å²) in [6.45, 7) is 3.47. The average molecular weight is 262 g/mol. The Labute approximate surface area is 103 Å². The molecule has 0 aliphatic heterocycles. The first-order chi connectivity index (χ1) is 8.34. The second-order valence-corrected chi connectivity index (χ2v) is 3.95. The van der Waals surface area contributed by atoms with Crippen LogP contribution in [0.3, 0.4) is 0 Å². The molecule has 0 aliphatic rings. The van der Waals surface area contributed by atoms with Crippen LogP contribution in [0.25, 0.3) is 0 Å². The van der Waals surface area contributed by atoms with Gasteiger partial charge in [-0.15, -0.1) is 0 Å². The van der Waals surface area contributed by atoms with Crippen molar-refractivity contribution in [1.82, 2.24) is 0 Å². The van der Waals surface area contributed by atoms with E-state index in [4.69, 9.17) is 0 Å². The molecule has 0 bridgehead atoms. The molecule has 0 aliphatic carbocycles. The fraction of sp³-hybridized carbons (Fsp3) is 0.462. The molecule has 1 nitrogen and oxygen atoms in total. The standard InChI is InChI=1S/C13H14F4O/c1-3-8-5-6-9(4-2)10(7-8)11(18)13(16,17)12(14)15/h5-7,12H,3-4H2,1-2H3. The Bertz CT molecular complexity index is 441. The van der Waals surface area contributed by atoms with E-state index in [9.17, 15) is 22.4 Å². The summed E-state index contributed by atoms with van der Waals surface area (Å²) in [4.78, 5) is 11.5. The lowest BCUT2D eigenvalue weighted by Crippen LogP contribution is -2.37. The number of aryl methyl sites for hydroxylation is 2. The van der Waals surface area contributed by atoms with Gasteiger partial charge in [-0.2, -0.15) is 8.78 Å². The molecular formula is C13H14F4O. The number of hydrogen-bond acceptors (Lipinski definition) is 1. The summed E-state index contributed by atoms with van der Waals surface area (Å²) >= 11 is 0. The SMILES string of the molecule is CCc1ccc(CC)c(C(=O)C(F)(F)C(F)F)c1. The molecule has 18 heavy (non-hydrogen) atoms. The lowest BCUT2D eigenvalue weighted by Gasteiger charge is -2.16. The highest BCUT2D eigenvalue weighted by atomic mass is 19.3. The molecule has 0 N–H and O–H groups in total. The van der Waals surface area contributed by atoms with Gasteiger partial charge in [0.05, 0.1) is 0 Å². The fourth-order valence-corrected chi connectivity index (χ4v) is 1.64. The van der Waals surface area contributed by atoms with Crippen molar-refractivity contribution in [2.45, 2.75) is 39.0 Å². The summed E-state index contributed by atoms with van der Waals surface area (Å²) in [7, 11) is 0. The van der Waals surface area contributed by atoms with E-state index in [1.165, 1.54) is 12.1 Å². The Hall–Kier alpha value is -1.39. The van der Waals surface area contributed by atoms with Crippen molar-refractivity contribution in [1.29, 1.82) is 0 Å². The normalized spacial score (nSPS) is 11.9. The second-order valence-electron chi connectivity index (χ2n) is 3.95. The minimum absolute atomic E-state index is 0.304. The quantitative estimate of drug-likeness (QED) is 0.581. The molecule has 0 amide bonds. The Morgan fingerprint density at radius 1 is 1.22 bits per heavy atom. The molecule has 0 fully saturated rings. The van der Waals surface area contributed by atoms with E-state index in [1.54, 1.807) is 19.9 Å². The molecule has 0 saturated heterocycles. The Morgan fingerprint density at radius 2 is 1.83 bits per heavy atom. The van der Waals surface area contributed by atoms with Crippen LogP contribution in [-0.4, -0.2) is 18.1 Å². The first-order valence-electron chi connectivity index (χ1n) is 5.67. The highest BCUT2D eigenvalue weighted by molar-refractivity contribution is 6.03. The van der Waals surface area contributed by atoms with E-state index in [1.807, 2.05) is 0 Å². The van der Waals surface area contributed by atoms with E-state index in [-0.39, 0.29) is 5.56 Å². The monoisotopic (exact) mass is 262 g/mol. The highest BCUT2D eigenvalue weighted by Gasteiger charge is 2.49. The summed E-state index contributed by atoms with van der Waals surface area (Å²) in [6.07, 6.45) is -3.10. The predicted octanol–water partition coefficient (Wildman–Crippen LogP) is 3.89. The molecule has 0 aromatic heterocycles. The molecule has 0 atom stereocenters. The van der Waals surface area contributed by atoms with Crippen LogP contribution in [-0.2, 0) is 12.8 Å². The summed E-state index contributed by atoms with van der Waals surface area (Å²) in [5.41, 5.74) is 0.722. The molecule has 1 rings (SSSR count). The number of Topliss-reactive ketones (excluding diaryl/α,β-unsaturated/α-hetero) is 1. The number of ketones is 1. The van der Waals surface area contributed by atoms with E-state index < -0.39 is 18.1 Å². The summed E-state index contributed by atoms with van der Waals surface area (Å²) < 4.78 is 50.5. The minimum atomic E-state index is -4.63. The predicted molar refractivity (Wildman–Crippen MR) is 60.5 cm³/mol. The minimum Gasteiger partial charge on any atom is -0.287 e. The number of carbonyl (C=O) groups is 1. The van der Waals surface area contributed by atoms with Gasteiger partial charge in [0.25, 0.3) is 0 Å². The van der Waals surface area contributed by atoms with Gasteiger partial charge in [0.15, 0.2) is 0 Å². The number of rotatable bonds is 5. The molecule has 100 valence electrons. The van der Waals surface area contributed by atoms with Gasteiger partial charge in [0.2, 0.25) is 5.78 Å². The first-order valence-corrected chi connectivity index (χ1v) is 5.67. The van der Waals surface area contributed by atoms with E-state index in [0.29, 0.717) is 24.0 Å². The zero-order valence-electron chi connectivity index (χ0n) is 10.1. The maximum absolute atomic E-state index is 13.1. The molecule has 0 heterocycles. The van der Waals surface area contributed by atoms with Crippen molar-refractivity contribution < 1.29 is 22.4 Å². The summed E-state index contributed by atoms with van der Waals surface area (Å²) in [5.74, 6) is -6.43. The molecule has 1 aromatic rings. The van der Waals surface area contributed by atoms with Crippen LogP contribution in [0, 0.1) is 0 Å². The van der Waals surface area contributed by atoms with E-state index >= 15 is 0 Å². The molecule has 5 heteroatoms. The number of alkyl halides is 4. The zero-order valence-corrected chi connectivity index (χ0v) is 10.1. The van der Waals surface area contributed by atoms with Crippen molar-refractivity contribution in [2.24, 2.45) is 0 Å². The van der Waals surface area contributed by atoms with Gasteiger partial charge < -0.3 is 0 Å². The Kier molecular flexibility index (Phi) is 4.48. The van der Waals surface area contributed by atoms with Gasteiger partial charge in [0, 0.05) is 5.56 Å². The molecule has 0 saturated carbocycles. The smallest absolute Gasteiger partial charge is 0.287 e. The Morgan fingerprint density at radius 3 is 2.28 bits per heavy atom. The summed E-state index contributed by atoms with van der Waals surface area (Å²) in [6, 6.07) is 4.52. The van der Waals surface area contributed by atoms with Crippen LogP contribution in [0.1, 0.15) is 35.3 Å². The van der Waals surface area contributed by atoms with Crippen LogP contribution in [0.2, 0.25) is 0 Å². The highest BCUT2D eigenvalue weighted by Crippen LogP contribution is 2.29. The molecule has 0 radical (unpaired) electrons. The van der Waals surface area contributed by atoms with Crippen molar-refractivity contribution in [3.8, 4) is 0 Å². The van der Waals surface area contributed by atoms with Crippen LogP contribution in [0.5, 0.6) is 0 Å². The second kappa shape index (κ2) is 5.50. The molecular weight excluding hydrogens is 248 g/mol. The van der Waals surface area contributed by atoms with Crippen molar-refractivity contribution in [3.05, 3.63) is 34.9 Å². The first kappa shape index (κ1) is 14.7. The average Bonchev–Trinajstić information content (AvgIpc) is 2.36. The molecule has 0 unspecified atom stereocenters. The van der Waals surface area contributed by atoms with Crippen molar-refractivity contribution >= 4 is 5.78 Å². The van der Waals surface area contributed by atoms with Gasteiger partial charge in [-0.25, -0.2) is 8.78 Å². The number of hydrogen-bond donors (Lipinski definition) is 0. The van der Waals surface area contributed by atoms with Crippen LogP contribution >= 0.6 is 0 Å². The van der Waals surface area contributed by atoms with Crippen LogP contribution < -0.4 is 0 Å². The largest absolute Gasteiger partial charge is 0.368 e. The van der Waals surface area contributed by atoms with Gasteiger partial charge >= 0.3 is 12.3 Å². The third-order valence-corrected chi connectivity index (χ3v) is 2.78.